The molecule has 1 saturated heterocycles. The number of hydrogen-bond acceptors (Lipinski definition) is 4. The van der Waals surface area contributed by atoms with Crippen molar-refractivity contribution in [2.75, 3.05) is 19.6 Å². The summed E-state index contributed by atoms with van der Waals surface area (Å²) < 4.78 is 0. The third kappa shape index (κ3) is 4.64. The van der Waals surface area contributed by atoms with Crippen LogP contribution in [0.1, 0.15) is 29.0 Å². The second-order valence-corrected chi connectivity index (χ2v) is 6.33. The Kier molecular flexibility index (Phi) is 5.60. The molecule has 0 atom stereocenters. The van der Waals surface area contributed by atoms with Gasteiger partial charge in [0.15, 0.2) is 0 Å². The SMILES string of the molecule is NCC#Cc1ccc(CN2CCC(CC(N)=O)CC2)s1. The largest absolute Gasteiger partial charge is 0.370 e. The van der Waals surface area contributed by atoms with Crippen LogP contribution in [0.4, 0.5) is 0 Å². The van der Waals surface area contributed by atoms with Crippen LogP contribution in [0, 0.1) is 17.8 Å². The van der Waals surface area contributed by atoms with Gasteiger partial charge in [0, 0.05) is 17.8 Å². The van der Waals surface area contributed by atoms with Gasteiger partial charge in [-0.2, -0.15) is 0 Å². The fourth-order valence-corrected chi connectivity index (χ4v) is 3.45. The van der Waals surface area contributed by atoms with Gasteiger partial charge in [0.2, 0.25) is 5.91 Å². The second-order valence-electron chi connectivity index (χ2n) is 5.16. The highest BCUT2D eigenvalue weighted by atomic mass is 32.1. The maximum Gasteiger partial charge on any atom is 0.217 e. The molecule has 0 unspecified atom stereocenters. The van der Waals surface area contributed by atoms with E-state index >= 15 is 0 Å². The number of likely N-dealkylation sites (tertiary alicyclic amines) is 1. The van der Waals surface area contributed by atoms with E-state index in [1.54, 1.807) is 11.3 Å². The third-order valence-electron chi connectivity index (χ3n) is 3.55. The van der Waals surface area contributed by atoms with Crippen LogP contribution >= 0.6 is 11.3 Å². The van der Waals surface area contributed by atoms with Gasteiger partial charge in [0.05, 0.1) is 11.4 Å². The average Bonchev–Trinajstić information content (AvgIpc) is 2.86. The van der Waals surface area contributed by atoms with E-state index < -0.39 is 0 Å². The van der Waals surface area contributed by atoms with Crippen molar-refractivity contribution in [3.05, 3.63) is 21.9 Å². The molecule has 1 aromatic rings. The van der Waals surface area contributed by atoms with E-state index in [4.69, 9.17) is 11.5 Å². The van der Waals surface area contributed by atoms with Crippen LogP contribution in [0.2, 0.25) is 0 Å². The Bertz CT molecular complexity index is 507. The molecule has 1 amide bonds. The van der Waals surface area contributed by atoms with Crippen molar-refractivity contribution < 1.29 is 4.79 Å². The number of piperidine rings is 1. The van der Waals surface area contributed by atoms with Crippen LogP contribution in [0.3, 0.4) is 0 Å². The molecule has 4 nitrogen and oxygen atoms in total. The van der Waals surface area contributed by atoms with Crippen LogP contribution < -0.4 is 11.5 Å². The second kappa shape index (κ2) is 7.44. The first-order valence-corrected chi connectivity index (χ1v) is 7.77. The van der Waals surface area contributed by atoms with Gasteiger partial charge in [0.25, 0.3) is 0 Å². The highest BCUT2D eigenvalue weighted by Gasteiger charge is 2.20. The number of hydrogen-bond donors (Lipinski definition) is 2. The summed E-state index contributed by atoms with van der Waals surface area (Å²) in [5.41, 5.74) is 10.6. The van der Waals surface area contributed by atoms with Crippen LogP contribution in [0.25, 0.3) is 0 Å². The van der Waals surface area contributed by atoms with Crippen LogP contribution in [-0.2, 0) is 11.3 Å². The number of amides is 1. The lowest BCUT2D eigenvalue weighted by atomic mass is 9.93. The number of rotatable bonds is 4. The Morgan fingerprint density at radius 3 is 2.80 bits per heavy atom. The molecule has 108 valence electrons. The van der Waals surface area contributed by atoms with Crippen molar-refractivity contribution in [2.24, 2.45) is 17.4 Å². The summed E-state index contributed by atoms with van der Waals surface area (Å²) in [6, 6.07) is 4.20. The zero-order valence-electron chi connectivity index (χ0n) is 11.6. The van der Waals surface area contributed by atoms with Crippen molar-refractivity contribution in [3.63, 3.8) is 0 Å². The molecule has 1 aromatic heterocycles. The fourth-order valence-electron chi connectivity index (χ4n) is 2.52. The summed E-state index contributed by atoms with van der Waals surface area (Å²) in [7, 11) is 0. The first-order valence-electron chi connectivity index (χ1n) is 6.95. The predicted molar refractivity (Wildman–Crippen MR) is 82.1 cm³/mol. The monoisotopic (exact) mass is 291 g/mol. The third-order valence-corrected chi connectivity index (χ3v) is 4.54. The summed E-state index contributed by atoms with van der Waals surface area (Å²) in [5.74, 6) is 6.23. The highest BCUT2D eigenvalue weighted by molar-refractivity contribution is 7.12. The summed E-state index contributed by atoms with van der Waals surface area (Å²) in [4.78, 5) is 15.8. The van der Waals surface area contributed by atoms with Crippen LogP contribution in [0.5, 0.6) is 0 Å². The van der Waals surface area contributed by atoms with E-state index in [1.165, 1.54) is 4.88 Å². The molecule has 0 aliphatic carbocycles. The Morgan fingerprint density at radius 2 is 2.15 bits per heavy atom. The molecular formula is C15H21N3OS. The molecule has 2 heterocycles. The molecule has 0 saturated carbocycles. The van der Waals surface area contributed by atoms with Gasteiger partial charge in [-0.1, -0.05) is 11.8 Å². The number of nitrogens with two attached hydrogens (primary N) is 2. The van der Waals surface area contributed by atoms with Gasteiger partial charge in [-0.05, 0) is 44.0 Å². The maximum absolute atomic E-state index is 10.9. The van der Waals surface area contributed by atoms with E-state index in [-0.39, 0.29) is 5.91 Å². The van der Waals surface area contributed by atoms with Crippen molar-refractivity contribution in [1.29, 1.82) is 0 Å². The molecular weight excluding hydrogens is 270 g/mol. The number of nitrogens with zero attached hydrogens (tertiary/aromatic N) is 1. The molecule has 0 aromatic carbocycles. The lowest BCUT2D eigenvalue weighted by Crippen LogP contribution is -2.34. The summed E-state index contributed by atoms with van der Waals surface area (Å²) in [6.45, 7) is 3.46. The number of carbonyl (C=O) groups is 1. The van der Waals surface area contributed by atoms with Crippen molar-refractivity contribution in [3.8, 4) is 11.8 Å². The Hall–Kier alpha value is -1.35. The average molecular weight is 291 g/mol. The normalized spacial score (nSPS) is 16.6. The van der Waals surface area contributed by atoms with Gasteiger partial charge >= 0.3 is 0 Å². The molecule has 2 rings (SSSR count). The van der Waals surface area contributed by atoms with E-state index in [2.05, 4.69) is 28.9 Å². The highest BCUT2D eigenvalue weighted by Crippen LogP contribution is 2.23. The molecule has 4 N–H and O–H groups in total. The number of primary amides is 1. The number of carbonyl (C=O) groups excluding carboxylic acids is 1. The molecule has 1 aliphatic heterocycles. The molecule has 0 spiro atoms. The Labute approximate surface area is 124 Å². The Morgan fingerprint density at radius 1 is 1.40 bits per heavy atom. The summed E-state index contributed by atoms with van der Waals surface area (Å²) in [5, 5.41) is 0. The standard InChI is InChI=1S/C15H21N3OS/c16-7-1-2-13-3-4-14(20-13)11-18-8-5-12(6-9-18)10-15(17)19/h3-4,12H,5-11,16H2,(H2,17,19). The van der Waals surface area contributed by atoms with Gasteiger partial charge in [-0.3, -0.25) is 9.69 Å². The van der Waals surface area contributed by atoms with Crippen molar-refractivity contribution in [1.82, 2.24) is 4.90 Å². The van der Waals surface area contributed by atoms with Gasteiger partial charge < -0.3 is 11.5 Å². The smallest absolute Gasteiger partial charge is 0.217 e. The quantitative estimate of drug-likeness (QED) is 0.817. The van der Waals surface area contributed by atoms with E-state index in [0.29, 0.717) is 18.9 Å². The first kappa shape index (κ1) is 15.0. The zero-order chi connectivity index (χ0) is 14.4. The molecule has 0 radical (unpaired) electrons. The van der Waals surface area contributed by atoms with Gasteiger partial charge in [-0.25, -0.2) is 0 Å². The zero-order valence-corrected chi connectivity index (χ0v) is 12.4. The minimum absolute atomic E-state index is 0.176. The topological polar surface area (TPSA) is 72.3 Å². The summed E-state index contributed by atoms with van der Waals surface area (Å²) in [6.07, 6.45) is 2.66. The number of thiophene rings is 1. The molecule has 5 heteroatoms. The molecule has 1 aliphatic rings. The first-order chi connectivity index (χ1) is 9.67. The van der Waals surface area contributed by atoms with Gasteiger partial charge in [0.1, 0.15) is 0 Å². The van der Waals surface area contributed by atoms with E-state index in [1.807, 2.05) is 0 Å². The van der Waals surface area contributed by atoms with Crippen molar-refractivity contribution in [2.45, 2.75) is 25.8 Å². The minimum atomic E-state index is -0.176. The van der Waals surface area contributed by atoms with Gasteiger partial charge in [-0.15, -0.1) is 11.3 Å². The lowest BCUT2D eigenvalue weighted by Gasteiger charge is -2.31. The molecule has 1 fully saturated rings. The van der Waals surface area contributed by atoms with Crippen LogP contribution in [0.15, 0.2) is 12.1 Å². The molecule has 0 bridgehead atoms. The predicted octanol–water partition coefficient (Wildman–Crippen LogP) is 1.15. The van der Waals surface area contributed by atoms with Crippen LogP contribution in [-0.4, -0.2) is 30.4 Å². The summed E-state index contributed by atoms with van der Waals surface area (Å²) >= 11 is 1.73. The maximum atomic E-state index is 10.9. The fraction of sp³-hybridized carbons (Fsp3) is 0.533. The Balaban J connectivity index is 1.80. The lowest BCUT2D eigenvalue weighted by molar-refractivity contribution is -0.119. The van der Waals surface area contributed by atoms with E-state index in [9.17, 15) is 4.79 Å². The molecule has 20 heavy (non-hydrogen) atoms. The van der Waals surface area contributed by atoms with E-state index in [0.717, 1.165) is 37.4 Å². The minimum Gasteiger partial charge on any atom is -0.370 e. The van der Waals surface area contributed by atoms with Crippen molar-refractivity contribution >= 4 is 17.2 Å².